The first-order chi connectivity index (χ1) is 9.56. The largest absolute Gasteiger partial charge is 0.478 e. The molecule has 6 nitrogen and oxygen atoms in total. The highest BCUT2D eigenvalue weighted by molar-refractivity contribution is 5.95. The van der Waals surface area contributed by atoms with E-state index in [1.165, 1.54) is 18.3 Å². The van der Waals surface area contributed by atoms with Crippen LogP contribution in [0.1, 0.15) is 26.3 Å². The third-order valence-electron chi connectivity index (χ3n) is 2.48. The fourth-order valence-electron chi connectivity index (χ4n) is 1.53. The third kappa shape index (κ3) is 3.26. The van der Waals surface area contributed by atoms with Crippen molar-refractivity contribution in [3.05, 3.63) is 59.4 Å². The van der Waals surface area contributed by atoms with Crippen molar-refractivity contribution in [3.63, 3.8) is 0 Å². The lowest BCUT2D eigenvalue weighted by Gasteiger charge is -2.01. The number of benzene rings is 1. The second kappa shape index (κ2) is 5.75. The van der Waals surface area contributed by atoms with Crippen LogP contribution in [0.5, 0.6) is 0 Å². The molecule has 20 heavy (non-hydrogen) atoms. The average Bonchev–Trinajstić information content (AvgIpc) is 2.45. The Kier molecular flexibility index (Phi) is 3.85. The zero-order chi connectivity index (χ0) is 14.5. The van der Waals surface area contributed by atoms with Crippen molar-refractivity contribution >= 4 is 23.8 Å². The molecule has 1 aromatic carbocycles. The number of nitrogens with zero attached hydrogens (tertiary/aromatic N) is 2. The molecule has 1 heterocycles. The highest BCUT2D eigenvalue weighted by Gasteiger charge is 2.10. The monoisotopic (exact) mass is 270 g/mol. The van der Waals surface area contributed by atoms with Gasteiger partial charge in [-0.3, -0.25) is 9.98 Å². The summed E-state index contributed by atoms with van der Waals surface area (Å²) in [5.74, 6) is -2.40. The molecule has 0 aliphatic heterocycles. The van der Waals surface area contributed by atoms with Gasteiger partial charge in [0.1, 0.15) is 0 Å². The van der Waals surface area contributed by atoms with Gasteiger partial charge in [0.15, 0.2) is 0 Å². The zero-order valence-corrected chi connectivity index (χ0v) is 10.2. The Bertz CT molecular complexity index is 649. The van der Waals surface area contributed by atoms with Crippen molar-refractivity contribution in [3.8, 4) is 0 Å². The van der Waals surface area contributed by atoms with Gasteiger partial charge in [0, 0.05) is 18.6 Å². The number of hydrogen-bond acceptors (Lipinski definition) is 4. The molecule has 2 rings (SSSR count). The molecule has 0 amide bonds. The van der Waals surface area contributed by atoms with Crippen molar-refractivity contribution in [2.45, 2.75) is 0 Å². The predicted molar refractivity (Wildman–Crippen MR) is 71.9 cm³/mol. The van der Waals surface area contributed by atoms with Crippen molar-refractivity contribution in [1.82, 2.24) is 4.98 Å². The lowest BCUT2D eigenvalue weighted by Crippen LogP contribution is -2.01. The van der Waals surface area contributed by atoms with Crippen LogP contribution in [-0.2, 0) is 0 Å². The SMILES string of the molecule is O=C(O)c1cc(N=Cc2ccncc2)cc(C(=O)O)c1. The van der Waals surface area contributed by atoms with E-state index < -0.39 is 11.9 Å². The van der Waals surface area contributed by atoms with Crippen molar-refractivity contribution in [2.24, 2.45) is 4.99 Å². The van der Waals surface area contributed by atoms with Gasteiger partial charge in [0.25, 0.3) is 0 Å². The van der Waals surface area contributed by atoms with Gasteiger partial charge in [-0.05, 0) is 35.9 Å². The molecule has 2 aromatic rings. The van der Waals surface area contributed by atoms with Crippen LogP contribution in [0.2, 0.25) is 0 Å². The lowest BCUT2D eigenvalue weighted by atomic mass is 10.1. The van der Waals surface area contributed by atoms with E-state index in [9.17, 15) is 9.59 Å². The summed E-state index contributed by atoms with van der Waals surface area (Å²) >= 11 is 0. The van der Waals surface area contributed by atoms with Crippen LogP contribution in [0.3, 0.4) is 0 Å². The molecule has 0 aliphatic carbocycles. The molecular formula is C14H10N2O4. The summed E-state index contributed by atoms with van der Waals surface area (Å²) in [5.41, 5.74) is 0.801. The molecule has 0 aliphatic rings. The van der Waals surface area contributed by atoms with Crippen LogP contribution in [0.4, 0.5) is 5.69 Å². The van der Waals surface area contributed by atoms with Crippen molar-refractivity contribution < 1.29 is 19.8 Å². The van der Waals surface area contributed by atoms with Crippen molar-refractivity contribution in [2.75, 3.05) is 0 Å². The molecule has 100 valence electrons. The molecule has 0 unspecified atom stereocenters. The minimum atomic E-state index is -1.20. The van der Waals surface area contributed by atoms with E-state index in [1.807, 2.05) is 0 Å². The van der Waals surface area contributed by atoms with Gasteiger partial charge >= 0.3 is 11.9 Å². The number of rotatable bonds is 4. The van der Waals surface area contributed by atoms with Gasteiger partial charge in [-0.25, -0.2) is 9.59 Å². The lowest BCUT2D eigenvalue weighted by molar-refractivity contribution is 0.0696. The van der Waals surface area contributed by atoms with E-state index >= 15 is 0 Å². The fraction of sp³-hybridized carbons (Fsp3) is 0. The first kappa shape index (κ1) is 13.4. The van der Waals surface area contributed by atoms with Gasteiger partial charge in [-0.2, -0.15) is 0 Å². The fourth-order valence-corrected chi connectivity index (χ4v) is 1.53. The normalized spacial score (nSPS) is 10.6. The van der Waals surface area contributed by atoms with E-state index in [2.05, 4.69) is 9.98 Å². The molecule has 1 aromatic heterocycles. The summed E-state index contributed by atoms with van der Waals surface area (Å²) in [6.07, 6.45) is 4.70. The smallest absolute Gasteiger partial charge is 0.335 e. The number of pyridine rings is 1. The second-order valence-corrected chi connectivity index (χ2v) is 3.92. The van der Waals surface area contributed by atoms with Crippen molar-refractivity contribution in [1.29, 1.82) is 0 Å². The molecule has 0 bridgehead atoms. The Balaban J connectivity index is 2.38. The molecule has 0 spiro atoms. The molecule has 2 N–H and O–H groups in total. The molecule has 0 saturated heterocycles. The highest BCUT2D eigenvalue weighted by Crippen LogP contribution is 2.18. The van der Waals surface area contributed by atoms with Gasteiger partial charge < -0.3 is 10.2 Å². The molecule has 0 fully saturated rings. The third-order valence-corrected chi connectivity index (χ3v) is 2.48. The van der Waals surface area contributed by atoms with E-state index in [0.29, 0.717) is 0 Å². The number of carbonyl (C=O) groups is 2. The molecular weight excluding hydrogens is 260 g/mol. The predicted octanol–water partition coefficient (Wildman–Crippen LogP) is 2.23. The van der Waals surface area contributed by atoms with E-state index in [0.717, 1.165) is 11.6 Å². The van der Waals surface area contributed by atoms with Gasteiger partial charge in [0.2, 0.25) is 0 Å². The van der Waals surface area contributed by atoms with Crippen LogP contribution >= 0.6 is 0 Å². The summed E-state index contributed by atoms with van der Waals surface area (Å²) in [4.78, 5) is 29.8. The molecule has 0 saturated carbocycles. The van der Waals surface area contributed by atoms with Gasteiger partial charge in [0.05, 0.1) is 16.8 Å². The maximum atomic E-state index is 10.9. The quantitative estimate of drug-likeness (QED) is 0.830. The minimum absolute atomic E-state index is 0.119. The molecule has 0 atom stereocenters. The average molecular weight is 270 g/mol. The molecule has 6 heteroatoms. The standard InChI is InChI=1S/C14H10N2O4/c17-13(18)10-5-11(14(19)20)7-12(6-10)16-8-9-1-3-15-4-2-9/h1-8H,(H,17,18)(H,19,20). The van der Waals surface area contributed by atoms with Crippen LogP contribution in [0, 0.1) is 0 Å². The summed E-state index contributed by atoms with van der Waals surface area (Å²) in [6.45, 7) is 0. The Labute approximate surface area is 114 Å². The number of aromatic carboxylic acids is 2. The number of carboxylic acids is 2. The van der Waals surface area contributed by atoms with E-state index in [-0.39, 0.29) is 16.8 Å². The Hall–Kier alpha value is -3.02. The maximum absolute atomic E-state index is 10.9. The minimum Gasteiger partial charge on any atom is -0.478 e. The van der Waals surface area contributed by atoms with Crippen LogP contribution in [0.25, 0.3) is 0 Å². The second-order valence-electron chi connectivity index (χ2n) is 3.92. The van der Waals surface area contributed by atoms with E-state index in [1.54, 1.807) is 24.5 Å². The number of hydrogen-bond donors (Lipinski definition) is 2. The summed E-state index contributed by atoms with van der Waals surface area (Å²) in [6, 6.07) is 7.17. The zero-order valence-electron chi connectivity index (χ0n) is 10.2. The summed E-state index contributed by atoms with van der Waals surface area (Å²) < 4.78 is 0. The van der Waals surface area contributed by atoms with Gasteiger partial charge in [-0.1, -0.05) is 0 Å². The molecule has 0 radical (unpaired) electrons. The first-order valence-electron chi connectivity index (χ1n) is 5.62. The Morgan fingerprint density at radius 1 is 1.00 bits per heavy atom. The summed E-state index contributed by atoms with van der Waals surface area (Å²) in [7, 11) is 0. The number of carboxylic acid groups (broad SMARTS) is 2. The summed E-state index contributed by atoms with van der Waals surface area (Å²) in [5, 5.41) is 17.9. The van der Waals surface area contributed by atoms with Gasteiger partial charge in [-0.15, -0.1) is 0 Å². The first-order valence-corrected chi connectivity index (χ1v) is 5.62. The number of aromatic nitrogens is 1. The van der Waals surface area contributed by atoms with Crippen LogP contribution in [0.15, 0.2) is 47.7 Å². The highest BCUT2D eigenvalue weighted by atomic mass is 16.4. The Morgan fingerprint density at radius 2 is 1.55 bits per heavy atom. The Morgan fingerprint density at radius 3 is 2.05 bits per heavy atom. The topological polar surface area (TPSA) is 99.9 Å². The van der Waals surface area contributed by atoms with E-state index in [4.69, 9.17) is 10.2 Å². The number of aliphatic imine (C=N–C) groups is 1. The van der Waals surface area contributed by atoms with Crippen LogP contribution < -0.4 is 0 Å². The van der Waals surface area contributed by atoms with Crippen LogP contribution in [-0.4, -0.2) is 33.4 Å². The maximum Gasteiger partial charge on any atom is 0.335 e.